The van der Waals surface area contributed by atoms with Crippen molar-refractivity contribution in [1.29, 1.82) is 0 Å². The normalized spacial score (nSPS) is 10.4. The van der Waals surface area contributed by atoms with Crippen LogP contribution in [0.3, 0.4) is 0 Å². The van der Waals surface area contributed by atoms with Gasteiger partial charge in [-0.1, -0.05) is 5.21 Å². The van der Waals surface area contributed by atoms with Gasteiger partial charge in [0.2, 0.25) is 0 Å². The van der Waals surface area contributed by atoms with Crippen molar-refractivity contribution in [2.45, 2.75) is 11.6 Å². The molecule has 2 aromatic rings. The Labute approximate surface area is 107 Å². The maximum absolute atomic E-state index is 10.6. The second kappa shape index (κ2) is 5.50. The number of rotatable bonds is 5. The molecule has 0 unspecified atom stereocenters. The van der Waals surface area contributed by atoms with Gasteiger partial charge in [-0.3, -0.25) is 4.68 Å². The molecule has 18 heavy (non-hydrogen) atoms. The zero-order valence-electron chi connectivity index (χ0n) is 9.35. The van der Waals surface area contributed by atoms with Gasteiger partial charge in [-0.25, -0.2) is 9.78 Å². The fourth-order valence-corrected chi connectivity index (χ4v) is 2.01. The van der Waals surface area contributed by atoms with Gasteiger partial charge in [-0.15, -0.1) is 16.9 Å². The molecule has 0 spiro atoms. The number of hydrogen-bond acceptors (Lipinski definition) is 6. The van der Waals surface area contributed by atoms with Crippen molar-refractivity contribution in [2.24, 2.45) is 0 Å². The minimum Gasteiger partial charge on any atom is -0.476 e. The Hall–Kier alpha value is -2.09. The summed E-state index contributed by atoms with van der Waals surface area (Å²) in [5, 5.41) is 16.8. The number of anilines is 1. The first-order chi connectivity index (χ1) is 8.65. The molecular weight excluding hydrogens is 254 g/mol. The Bertz CT molecular complexity index is 539. The second-order valence-corrected chi connectivity index (χ2v) is 4.57. The van der Waals surface area contributed by atoms with Crippen LogP contribution in [0.15, 0.2) is 29.6 Å². The summed E-state index contributed by atoms with van der Waals surface area (Å²) in [7, 11) is 0. The molecule has 3 N–H and O–H groups in total. The molecule has 0 atom stereocenters. The molecule has 0 saturated carbocycles. The highest BCUT2D eigenvalue weighted by Crippen LogP contribution is 2.15. The van der Waals surface area contributed by atoms with E-state index < -0.39 is 5.97 Å². The highest BCUT2D eigenvalue weighted by Gasteiger charge is 2.07. The largest absolute Gasteiger partial charge is 0.476 e. The zero-order valence-corrected chi connectivity index (χ0v) is 10.2. The van der Waals surface area contributed by atoms with Crippen molar-refractivity contribution in [1.82, 2.24) is 20.0 Å². The van der Waals surface area contributed by atoms with Crippen LogP contribution in [-0.4, -0.2) is 36.8 Å². The SMILES string of the molecule is Nc1ccc(SCCn2cc(C(=O)O)nn2)nc1. The summed E-state index contributed by atoms with van der Waals surface area (Å²) in [5.41, 5.74) is 6.10. The molecule has 2 heterocycles. The number of aromatic nitrogens is 4. The third kappa shape index (κ3) is 3.20. The number of aryl methyl sites for hydroxylation is 1. The molecule has 8 heteroatoms. The molecule has 7 nitrogen and oxygen atoms in total. The van der Waals surface area contributed by atoms with E-state index in [-0.39, 0.29) is 5.69 Å². The predicted octanol–water partition coefficient (Wildman–Crippen LogP) is 0.746. The Morgan fingerprint density at radius 1 is 1.50 bits per heavy atom. The third-order valence-corrected chi connectivity index (χ3v) is 3.01. The monoisotopic (exact) mass is 265 g/mol. The van der Waals surface area contributed by atoms with Crippen LogP contribution in [0.25, 0.3) is 0 Å². The number of carboxylic acids is 1. The van der Waals surface area contributed by atoms with E-state index in [1.165, 1.54) is 22.6 Å². The van der Waals surface area contributed by atoms with E-state index in [1.54, 1.807) is 12.3 Å². The number of aromatic carboxylic acids is 1. The summed E-state index contributed by atoms with van der Waals surface area (Å²) in [4.78, 5) is 14.7. The quantitative estimate of drug-likeness (QED) is 0.768. The molecule has 0 saturated heterocycles. The van der Waals surface area contributed by atoms with Crippen molar-refractivity contribution in [3.8, 4) is 0 Å². The number of pyridine rings is 1. The number of nitrogens with zero attached hydrogens (tertiary/aromatic N) is 4. The van der Waals surface area contributed by atoms with E-state index in [9.17, 15) is 4.79 Å². The summed E-state index contributed by atoms with van der Waals surface area (Å²) in [5.74, 6) is -0.353. The first-order valence-corrected chi connectivity index (χ1v) is 6.11. The Morgan fingerprint density at radius 3 is 2.94 bits per heavy atom. The zero-order chi connectivity index (χ0) is 13.0. The number of nitrogens with two attached hydrogens (primary N) is 1. The molecular formula is C10H11N5O2S. The van der Waals surface area contributed by atoms with E-state index >= 15 is 0 Å². The minimum absolute atomic E-state index is 0.0504. The molecule has 2 rings (SSSR count). The van der Waals surface area contributed by atoms with E-state index in [1.807, 2.05) is 6.07 Å². The summed E-state index contributed by atoms with van der Waals surface area (Å²) in [6, 6.07) is 3.62. The predicted molar refractivity (Wildman–Crippen MR) is 66.4 cm³/mol. The Balaban J connectivity index is 1.84. The average Bonchev–Trinajstić information content (AvgIpc) is 2.81. The van der Waals surface area contributed by atoms with Gasteiger partial charge >= 0.3 is 5.97 Å². The smallest absolute Gasteiger partial charge is 0.358 e. The van der Waals surface area contributed by atoms with E-state index in [4.69, 9.17) is 10.8 Å². The number of carbonyl (C=O) groups is 1. The number of hydrogen-bond donors (Lipinski definition) is 2. The molecule has 0 fully saturated rings. The van der Waals surface area contributed by atoms with Crippen molar-refractivity contribution in [2.75, 3.05) is 11.5 Å². The Morgan fingerprint density at radius 2 is 2.33 bits per heavy atom. The standard InChI is InChI=1S/C10H11N5O2S/c11-7-1-2-9(12-5-7)18-4-3-15-6-8(10(16)17)13-14-15/h1-2,5-6H,3-4,11H2,(H,16,17). The summed E-state index contributed by atoms with van der Waals surface area (Å²) in [6.07, 6.45) is 3.00. The molecule has 0 aliphatic rings. The minimum atomic E-state index is -1.07. The third-order valence-electron chi connectivity index (χ3n) is 2.09. The van der Waals surface area contributed by atoms with Crippen LogP contribution in [-0.2, 0) is 6.54 Å². The molecule has 0 bridgehead atoms. The molecule has 0 amide bonds. The maximum Gasteiger partial charge on any atom is 0.358 e. The number of carboxylic acid groups (broad SMARTS) is 1. The summed E-state index contributed by atoms with van der Waals surface area (Å²) < 4.78 is 1.49. The number of nitrogen functional groups attached to an aromatic ring is 1. The van der Waals surface area contributed by atoms with Gasteiger partial charge in [0, 0.05) is 5.75 Å². The van der Waals surface area contributed by atoms with Gasteiger partial charge in [0.05, 0.1) is 29.7 Å². The van der Waals surface area contributed by atoms with Crippen LogP contribution in [0.2, 0.25) is 0 Å². The van der Waals surface area contributed by atoms with Gasteiger partial charge in [-0.2, -0.15) is 0 Å². The highest BCUT2D eigenvalue weighted by atomic mass is 32.2. The van der Waals surface area contributed by atoms with Gasteiger partial charge in [-0.05, 0) is 12.1 Å². The summed E-state index contributed by atoms with van der Waals surface area (Å²) >= 11 is 1.54. The Kier molecular flexibility index (Phi) is 3.78. The van der Waals surface area contributed by atoms with Crippen molar-refractivity contribution < 1.29 is 9.90 Å². The van der Waals surface area contributed by atoms with Gasteiger partial charge in [0.15, 0.2) is 5.69 Å². The number of thioether (sulfide) groups is 1. The molecule has 94 valence electrons. The second-order valence-electron chi connectivity index (χ2n) is 3.45. The van der Waals surface area contributed by atoms with Crippen LogP contribution in [0.5, 0.6) is 0 Å². The first kappa shape index (κ1) is 12.4. The van der Waals surface area contributed by atoms with E-state index in [0.717, 1.165) is 10.8 Å². The first-order valence-electron chi connectivity index (χ1n) is 5.13. The van der Waals surface area contributed by atoms with Crippen LogP contribution < -0.4 is 5.73 Å². The van der Waals surface area contributed by atoms with Crippen LogP contribution in [0.1, 0.15) is 10.5 Å². The van der Waals surface area contributed by atoms with Crippen LogP contribution in [0, 0.1) is 0 Å². The van der Waals surface area contributed by atoms with Crippen LogP contribution in [0.4, 0.5) is 5.69 Å². The van der Waals surface area contributed by atoms with Gasteiger partial charge in [0.1, 0.15) is 0 Å². The topological polar surface area (TPSA) is 107 Å². The lowest BCUT2D eigenvalue weighted by Gasteiger charge is -2.01. The lowest BCUT2D eigenvalue weighted by Crippen LogP contribution is -2.01. The highest BCUT2D eigenvalue weighted by molar-refractivity contribution is 7.99. The van der Waals surface area contributed by atoms with Gasteiger partial charge in [0.25, 0.3) is 0 Å². The van der Waals surface area contributed by atoms with E-state index in [0.29, 0.717) is 12.2 Å². The fraction of sp³-hybridized carbons (Fsp3) is 0.200. The van der Waals surface area contributed by atoms with Gasteiger partial charge < -0.3 is 10.8 Å². The van der Waals surface area contributed by atoms with Crippen molar-refractivity contribution in [3.05, 3.63) is 30.2 Å². The fourth-order valence-electron chi connectivity index (χ4n) is 1.23. The summed E-state index contributed by atoms with van der Waals surface area (Å²) in [6.45, 7) is 0.566. The van der Waals surface area contributed by atoms with Crippen molar-refractivity contribution >= 4 is 23.4 Å². The molecule has 0 radical (unpaired) electrons. The van der Waals surface area contributed by atoms with E-state index in [2.05, 4.69) is 15.3 Å². The average molecular weight is 265 g/mol. The van der Waals surface area contributed by atoms with Crippen molar-refractivity contribution in [3.63, 3.8) is 0 Å². The molecule has 0 aliphatic heterocycles. The molecule has 0 aliphatic carbocycles. The lowest BCUT2D eigenvalue weighted by molar-refractivity contribution is 0.0690. The molecule has 2 aromatic heterocycles. The maximum atomic E-state index is 10.6. The molecule has 0 aromatic carbocycles. The van der Waals surface area contributed by atoms with Crippen LogP contribution >= 0.6 is 11.8 Å². The lowest BCUT2D eigenvalue weighted by atomic mass is 10.4.